The van der Waals surface area contributed by atoms with Crippen molar-refractivity contribution < 1.29 is 13.2 Å². The van der Waals surface area contributed by atoms with Crippen molar-refractivity contribution in [2.75, 3.05) is 4.72 Å². The first-order chi connectivity index (χ1) is 13.9. The number of aryl methyl sites for hydroxylation is 1. The van der Waals surface area contributed by atoms with Crippen LogP contribution in [0, 0.1) is 6.92 Å². The Bertz CT molecular complexity index is 1010. The van der Waals surface area contributed by atoms with Gasteiger partial charge in [-0.3, -0.25) is 9.52 Å². The third-order valence-corrected chi connectivity index (χ3v) is 6.72. The number of carbonyl (C=O) groups excluding carboxylic acids is 1. The smallest absolute Gasteiger partial charge is 0.261 e. The molecule has 1 heterocycles. The van der Waals surface area contributed by atoms with Gasteiger partial charge in [0.15, 0.2) is 0 Å². The monoisotopic (exact) mass is 429 g/mol. The summed E-state index contributed by atoms with van der Waals surface area (Å²) in [5, 5.41) is 6.71. The van der Waals surface area contributed by atoms with Crippen LogP contribution in [0.15, 0.2) is 53.4 Å². The van der Waals surface area contributed by atoms with E-state index < -0.39 is 10.0 Å². The number of para-hydroxylation sites is 1. The third kappa shape index (κ3) is 5.40. The minimum atomic E-state index is -3.73. The predicted octanol–water partition coefficient (Wildman–Crippen LogP) is 3.83. The molecule has 7 heteroatoms. The summed E-state index contributed by atoms with van der Waals surface area (Å²) in [5.41, 5.74) is 1.68. The highest BCUT2D eigenvalue weighted by molar-refractivity contribution is 7.92. The lowest BCUT2D eigenvalue weighted by Gasteiger charge is -2.46. The van der Waals surface area contributed by atoms with Crippen molar-refractivity contribution in [2.45, 2.75) is 69.5 Å². The van der Waals surface area contributed by atoms with Crippen molar-refractivity contribution in [1.29, 1.82) is 0 Å². The topological polar surface area (TPSA) is 87.3 Å². The Labute approximate surface area is 179 Å². The maximum atomic E-state index is 12.7. The number of benzene rings is 2. The maximum absolute atomic E-state index is 12.7. The molecule has 30 heavy (non-hydrogen) atoms. The first-order valence-electron chi connectivity index (χ1n) is 10.2. The van der Waals surface area contributed by atoms with E-state index in [2.05, 4.69) is 43.1 Å². The zero-order chi connectivity index (χ0) is 22.2. The molecule has 2 aromatic rings. The van der Waals surface area contributed by atoms with Crippen LogP contribution in [0.1, 0.15) is 56.5 Å². The number of nitrogens with one attached hydrogen (secondary N) is 3. The average Bonchev–Trinajstić information content (AvgIpc) is 2.61. The van der Waals surface area contributed by atoms with E-state index in [1.807, 2.05) is 19.1 Å². The Morgan fingerprint density at radius 2 is 1.53 bits per heavy atom. The second-order valence-electron chi connectivity index (χ2n) is 9.42. The number of sulfonamides is 1. The maximum Gasteiger partial charge on any atom is 0.261 e. The van der Waals surface area contributed by atoms with Crippen LogP contribution in [0.2, 0.25) is 0 Å². The fraction of sp³-hybridized carbons (Fsp3) is 0.435. The van der Waals surface area contributed by atoms with Gasteiger partial charge in [0.25, 0.3) is 15.9 Å². The van der Waals surface area contributed by atoms with E-state index in [1.165, 1.54) is 12.1 Å². The van der Waals surface area contributed by atoms with E-state index in [0.29, 0.717) is 11.3 Å². The molecule has 1 saturated heterocycles. The lowest BCUT2D eigenvalue weighted by atomic mass is 9.79. The van der Waals surface area contributed by atoms with E-state index in [9.17, 15) is 13.2 Å². The van der Waals surface area contributed by atoms with Gasteiger partial charge in [-0.25, -0.2) is 8.42 Å². The Kier molecular flexibility index (Phi) is 5.98. The van der Waals surface area contributed by atoms with Gasteiger partial charge in [-0.15, -0.1) is 0 Å². The van der Waals surface area contributed by atoms with Gasteiger partial charge in [-0.05, 0) is 83.4 Å². The van der Waals surface area contributed by atoms with Crippen LogP contribution < -0.4 is 15.4 Å². The Morgan fingerprint density at radius 1 is 0.967 bits per heavy atom. The number of rotatable bonds is 5. The van der Waals surface area contributed by atoms with Crippen molar-refractivity contribution in [3.63, 3.8) is 0 Å². The zero-order valence-corrected chi connectivity index (χ0v) is 19.1. The van der Waals surface area contributed by atoms with Gasteiger partial charge in [-0.1, -0.05) is 18.2 Å². The van der Waals surface area contributed by atoms with Crippen LogP contribution in [0.4, 0.5) is 5.69 Å². The summed E-state index contributed by atoms with van der Waals surface area (Å²) < 4.78 is 28.0. The number of carbonyl (C=O) groups is 1. The van der Waals surface area contributed by atoms with E-state index in [4.69, 9.17) is 0 Å². The standard InChI is InChI=1S/C23H31N3O3S/c1-16-8-6-7-9-20(16)25-30(28,29)19-12-10-17(11-13-19)21(27)24-18-14-22(2,3)26-23(4,5)15-18/h6-13,18,25-26H,14-15H2,1-5H3,(H,24,27). The van der Waals surface area contributed by atoms with Gasteiger partial charge in [-0.2, -0.15) is 0 Å². The Morgan fingerprint density at radius 3 is 2.10 bits per heavy atom. The van der Waals surface area contributed by atoms with Gasteiger partial charge in [0.05, 0.1) is 10.6 Å². The summed E-state index contributed by atoms with van der Waals surface area (Å²) in [5.74, 6) is -0.190. The van der Waals surface area contributed by atoms with Gasteiger partial charge in [0.2, 0.25) is 0 Å². The molecule has 1 aliphatic rings. The largest absolute Gasteiger partial charge is 0.349 e. The molecule has 0 unspecified atom stereocenters. The molecular weight excluding hydrogens is 398 g/mol. The molecule has 1 amide bonds. The molecule has 6 nitrogen and oxygen atoms in total. The summed E-state index contributed by atoms with van der Waals surface area (Å²) in [4.78, 5) is 12.9. The summed E-state index contributed by atoms with van der Waals surface area (Å²) in [6, 6.07) is 13.3. The second-order valence-corrected chi connectivity index (χ2v) is 11.1. The van der Waals surface area contributed by atoms with Crippen molar-refractivity contribution in [1.82, 2.24) is 10.6 Å². The summed E-state index contributed by atoms with van der Waals surface area (Å²) >= 11 is 0. The molecule has 162 valence electrons. The van der Waals surface area contributed by atoms with E-state index in [-0.39, 0.29) is 27.9 Å². The molecule has 1 fully saturated rings. The normalized spacial score (nSPS) is 18.6. The first-order valence-corrected chi connectivity index (χ1v) is 11.6. The van der Waals surface area contributed by atoms with Crippen molar-refractivity contribution >= 4 is 21.6 Å². The molecule has 3 N–H and O–H groups in total. The highest BCUT2D eigenvalue weighted by Gasteiger charge is 2.38. The molecule has 0 saturated carbocycles. The predicted molar refractivity (Wildman–Crippen MR) is 120 cm³/mol. The SMILES string of the molecule is Cc1ccccc1NS(=O)(=O)c1ccc(C(=O)NC2CC(C)(C)NC(C)(C)C2)cc1. The number of hydrogen-bond acceptors (Lipinski definition) is 4. The Balaban J connectivity index is 1.70. The fourth-order valence-corrected chi connectivity index (χ4v) is 5.50. The minimum Gasteiger partial charge on any atom is -0.349 e. The molecule has 2 aromatic carbocycles. The molecule has 0 aliphatic carbocycles. The van der Waals surface area contributed by atoms with Gasteiger partial charge in [0.1, 0.15) is 0 Å². The van der Waals surface area contributed by atoms with Gasteiger partial charge < -0.3 is 10.6 Å². The van der Waals surface area contributed by atoms with E-state index in [0.717, 1.165) is 18.4 Å². The molecule has 3 rings (SSSR count). The summed E-state index contributed by atoms with van der Waals surface area (Å²) in [6.45, 7) is 10.4. The van der Waals surface area contributed by atoms with Crippen molar-refractivity contribution in [2.24, 2.45) is 0 Å². The lowest BCUT2D eigenvalue weighted by molar-refractivity contribution is 0.0873. The first kappa shape index (κ1) is 22.3. The second kappa shape index (κ2) is 8.04. The molecule has 0 spiro atoms. The zero-order valence-electron chi connectivity index (χ0n) is 18.2. The molecule has 0 aromatic heterocycles. The fourth-order valence-electron chi connectivity index (χ4n) is 4.37. The van der Waals surface area contributed by atoms with Gasteiger partial charge >= 0.3 is 0 Å². The van der Waals surface area contributed by atoms with Crippen LogP contribution in [0.5, 0.6) is 0 Å². The molecule has 1 aliphatic heterocycles. The number of piperidine rings is 1. The highest BCUT2D eigenvalue weighted by Crippen LogP contribution is 2.28. The summed E-state index contributed by atoms with van der Waals surface area (Å²) in [7, 11) is -3.73. The van der Waals surface area contributed by atoms with Crippen LogP contribution >= 0.6 is 0 Å². The number of amides is 1. The summed E-state index contributed by atoms with van der Waals surface area (Å²) in [6.07, 6.45) is 1.66. The number of hydrogen-bond donors (Lipinski definition) is 3. The molecule has 0 radical (unpaired) electrons. The van der Waals surface area contributed by atoms with Crippen LogP contribution in [0.25, 0.3) is 0 Å². The van der Waals surface area contributed by atoms with E-state index in [1.54, 1.807) is 24.3 Å². The van der Waals surface area contributed by atoms with Crippen LogP contribution in [-0.2, 0) is 10.0 Å². The molecule has 0 bridgehead atoms. The minimum absolute atomic E-state index is 0.0508. The molecule has 0 atom stereocenters. The van der Waals surface area contributed by atoms with Crippen LogP contribution in [0.3, 0.4) is 0 Å². The van der Waals surface area contributed by atoms with Crippen molar-refractivity contribution in [3.05, 3.63) is 59.7 Å². The van der Waals surface area contributed by atoms with Gasteiger partial charge in [0, 0.05) is 22.7 Å². The third-order valence-electron chi connectivity index (χ3n) is 5.34. The lowest BCUT2D eigenvalue weighted by Crippen LogP contribution is -2.62. The van der Waals surface area contributed by atoms with Crippen molar-refractivity contribution in [3.8, 4) is 0 Å². The average molecular weight is 430 g/mol. The quantitative estimate of drug-likeness (QED) is 0.674. The van der Waals surface area contributed by atoms with Crippen LogP contribution in [-0.4, -0.2) is 31.4 Å². The van der Waals surface area contributed by atoms with E-state index >= 15 is 0 Å². The Hall–Kier alpha value is -2.38. The molecular formula is C23H31N3O3S. The highest BCUT2D eigenvalue weighted by atomic mass is 32.2. The number of anilines is 1.